The van der Waals surface area contributed by atoms with Crippen molar-refractivity contribution in [2.24, 2.45) is 0 Å². The van der Waals surface area contributed by atoms with Crippen LogP contribution in [0.15, 0.2) is 18.2 Å². The van der Waals surface area contributed by atoms with Gasteiger partial charge in [0.25, 0.3) is 0 Å². The smallest absolute Gasteiger partial charge is 0.338 e. The fourth-order valence-corrected chi connectivity index (χ4v) is 1.48. The first-order valence-corrected chi connectivity index (χ1v) is 6.07. The molecule has 0 amide bonds. The first kappa shape index (κ1) is 12.2. The Morgan fingerprint density at radius 2 is 2.13 bits per heavy atom. The van der Waals surface area contributed by atoms with Crippen molar-refractivity contribution in [1.82, 2.24) is 0 Å². The molecule has 0 atom stereocenters. The molecule has 0 unspecified atom stereocenters. The summed E-state index contributed by atoms with van der Waals surface area (Å²) in [6.07, 6.45) is 0.844. The van der Waals surface area contributed by atoms with Crippen LogP contribution in [0.3, 0.4) is 0 Å². The molecule has 0 saturated heterocycles. The first-order chi connectivity index (χ1) is 7.15. The summed E-state index contributed by atoms with van der Waals surface area (Å²) in [7, 11) is 0. The Kier molecular flexibility index (Phi) is 4.82. The van der Waals surface area contributed by atoms with Crippen LogP contribution >= 0.6 is 15.9 Å². The molecule has 1 aromatic rings. The summed E-state index contributed by atoms with van der Waals surface area (Å²) >= 11 is 3.29. The molecule has 0 aromatic heterocycles. The number of carbonyl (C=O) groups excluding carboxylic acids is 1. The second kappa shape index (κ2) is 5.91. The number of hydrogen-bond acceptors (Lipinski definition) is 2. The van der Waals surface area contributed by atoms with Gasteiger partial charge in [0.05, 0.1) is 12.2 Å². The zero-order valence-electron chi connectivity index (χ0n) is 9.05. The van der Waals surface area contributed by atoms with Gasteiger partial charge >= 0.3 is 5.97 Å². The van der Waals surface area contributed by atoms with Gasteiger partial charge in [-0.15, -0.1) is 0 Å². The minimum Gasteiger partial charge on any atom is -0.462 e. The molecule has 0 aliphatic rings. The van der Waals surface area contributed by atoms with Crippen LogP contribution in [0.1, 0.15) is 27.9 Å². The summed E-state index contributed by atoms with van der Waals surface area (Å²) in [5, 5.41) is 0.854. The van der Waals surface area contributed by atoms with Gasteiger partial charge in [0.15, 0.2) is 0 Å². The Hall–Kier alpha value is -0.830. The highest BCUT2D eigenvalue weighted by Gasteiger charge is 2.09. The molecule has 0 bridgehead atoms. The van der Waals surface area contributed by atoms with E-state index < -0.39 is 0 Å². The molecule has 82 valence electrons. The first-order valence-electron chi connectivity index (χ1n) is 4.95. The molecule has 0 aliphatic heterocycles. The molecule has 1 rings (SSSR count). The topological polar surface area (TPSA) is 26.3 Å². The molecule has 2 nitrogen and oxygen atoms in total. The van der Waals surface area contributed by atoms with Crippen LogP contribution in [0.2, 0.25) is 0 Å². The highest BCUT2D eigenvalue weighted by molar-refractivity contribution is 9.09. The molecule has 0 fully saturated rings. The average Bonchev–Trinajstić information content (AvgIpc) is 2.22. The van der Waals surface area contributed by atoms with Crippen molar-refractivity contribution in [2.75, 3.05) is 11.9 Å². The Morgan fingerprint density at radius 3 is 2.80 bits per heavy atom. The highest BCUT2D eigenvalue weighted by atomic mass is 79.9. The van der Waals surface area contributed by atoms with Crippen molar-refractivity contribution >= 4 is 21.9 Å². The largest absolute Gasteiger partial charge is 0.462 e. The van der Waals surface area contributed by atoms with Gasteiger partial charge in [0.2, 0.25) is 0 Å². The third kappa shape index (κ3) is 3.67. The van der Waals surface area contributed by atoms with E-state index in [4.69, 9.17) is 4.74 Å². The molecule has 0 aliphatic carbocycles. The van der Waals surface area contributed by atoms with E-state index in [9.17, 15) is 4.79 Å². The Morgan fingerprint density at radius 1 is 1.40 bits per heavy atom. The van der Waals surface area contributed by atoms with E-state index in [1.165, 1.54) is 0 Å². The maximum atomic E-state index is 11.7. The third-order valence-corrected chi connectivity index (χ3v) is 2.68. The Labute approximate surface area is 98.8 Å². The second-order valence-corrected chi connectivity index (χ2v) is 4.29. The molecule has 0 N–H and O–H groups in total. The molecule has 3 heteroatoms. The number of hydrogen-bond donors (Lipinski definition) is 0. The molecule has 1 aromatic carbocycles. The van der Waals surface area contributed by atoms with Crippen LogP contribution in [-0.2, 0) is 4.74 Å². The second-order valence-electron chi connectivity index (χ2n) is 3.50. The lowest BCUT2D eigenvalue weighted by Gasteiger charge is -2.07. The average molecular weight is 271 g/mol. The molecule has 0 heterocycles. The number of benzene rings is 1. The van der Waals surface area contributed by atoms with Crippen LogP contribution in [-0.4, -0.2) is 17.9 Å². The normalized spacial score (nSPS) is 10.1. The van der Waals surface area contributed by atoms with Crippen molar-refractivity contribution in [2.45, 2.75) is 20.3 Å². The molecule has 0 spiro atoms. The molecule has 15 heavy (non-hydrogen) atoms. The van der Waals surface area contributed by atoms with Crippen molar-refractivity contribution < 1.29 is 9.53 Å². The number of rotatable bonds is 4. The predicted octanol–water partition coefficient (Wildman–Crippen LogP) is 3.25. The van der Waals surface area contributed by atoms with Gasteiger partial charge in [0, 0.05) is 5.33 Å². The van der Waals surface area contributed by atoms with E-state index in [1.807, 2.05) is 32.0 Å². The summed E-state index contributed by atoms with van der Waals surface area (Å²) < 4.78 is 5.14. The molecular weight excluding hydrogens is 256 g/mol. The van der Waals surface area contributed by atoms with Gasteiger partial charge in [-0.2, -0.15) is 0 Å². The van der Waals surface area contributed by atoms with Gasteiger partial charge in [-0.1, -0.05) is 33.6 Å². The van der Waals surface area contributed by atoms with Crippen molar-refractivity contribution in [3.8, 4) is 0 Å². The minimum absolute atomic E-state index is 0.225. The maximum Gasteiger partial charge on any atom is 0.338 e. The number of carbonyl (C=O) groups is 1. The number of esters is 1. The van der Waals surface area contributed by atoms with E-state index in [2.05, 4.69) is 15.9 Å². The summed E-state index contributed by atoms with van der Waals surface area (Å²) in [5.74, 6) is -0.225. The van der Waals surface area contributed by atoms with Gasteiger partial charge in [-0.05, 0) is 31.9 Å². The van der Waals surface area contributed by atoms with E-state index in [1.54, 1.807) is 0 Å². The zero-order chi connectivity index (χ0) is 11.3. The molecular formula is C12H15BrO2. The van der Waals surface area contributed by atoms with E-state index >= 15 is 0 Å². The summed E-state index contributed by atoms with van der Waals surface area (Å²) in [4.78, 5) is 11.7. The molecule has 0 radical (unpaired) electrons. The van der Waals surface area contributed by atoms with E-state index in [0.29, 0.717) is 12.2 Å². The number of ether oxygens (including phenoxy) is 1. The van der Waals surface area contributed by atoms with Gasteiger partial charge in [0.1, 0.15) is 0 Å². The highest BCUT2D eigenvalue weighted by Crippen LogP contribution is 2.12. The van der Waals surface area contributed by atoms with Crippen LogP contribution in [0.5, 0.6) is 0 Å². The Balaban J connectivity index is 2.68. The Bertz CT molecular complexity index is 347. The standard InChI is InChI=1S/C12H15BrO2/c1-9-4-5-10(2)11(8-9)12(14)15-7-3-6-13/h4-5,8H,3,6-7H2,1-2H3. The van der Waals surface area contributed by atoms with E-state index in [-0.39, 0.29) is 5.97 Å². The van der Waals surface area contributed by atoms with Gasteiger partial charge < -0.3 is 4.74 Å². The maximum absolute atomic E-state index is 11.7. The minimum atomic E-state index is -0.225. The number of alkyl halides is 1. The van der Waals surface area contributed by atoms with Crippen molar-refractivity contribution in [3.05, 3.63) is 34.9 Å². The van der Waals surface area contributed by atoms with Crippen LogP contribution in [0.4, 0.5) is 0 Å². The van der Waals surface area contributed by atoms with Crippen LogP contribution < -0.4 is 0 Å². The summed E-state index contributed by atoms with van der Waals surface area (Å²) in [6.45, 7) is 4.35. The fraction of sp³-hybridized carbons (Fsp3) is 0.417. The molecule has 0 saturated carbocycles. The van der Waals surface area contributed by atoms with E-state index in [0.717, 1.165) is 22.9 Å². The quantitative estimate of drug-likeness (QED) is 0.477. The van der Waals surface area contributed by atoms with Crippen molar-refractivity contribution in [1.29, 1.82) is 0 Å². The van der Waals surface area contributed by atoms with Crippen LogP contribution in [0, 0.1) is 13.8 Å². The summed E-state index contributed by atoms with van der Waals surface area (Å²) in [5.41, 5.74) is 2.71. The predicted molar refractivity (Wildman–Crippen MR) is 64.6 cm³/mol. The monoisotopic (exact) mass is 270 g/mol. The fourth-order valence-electron chi connectivity index (χ4n) is 1.25. The summed E-state index contributed by atoms with van der Waals surface area (Å²) in [6, 6.07) is 5.80. The van der Waals surface area contributed by atoms with Gasteiger partial charge in [-0.3, -0.25) is 0 Å². The third-order valence-electron chi connectivity index (χ3n) is 2.12. The van der Waals surface area contributed by atoms with Crippen molar-refractivity contribution in [3.63, 3.8) is 0 Å². The zero-order valence-corrected chi connectivity index (χ0v) is 10.6. The SMILES string of the molecule is Cc1ccc(C)c(C(=O)OCCCBr)c1. The van der Waals surface area contributed by atoms with Crippen LogP contribution in [0.25, 0.3) is 0 Å². The number of halogens is 1. The lowest BCUT2D eigenvalue weighted by molar-refractivity contribution is 0.0505. The lowest BCUT2D eigenvalue weighted by Crippen LogP contribution is -2.08. The van der Waals surface area contributed by atoms with Gasteiger partial charge in [-0.25, -0.2) is 4.79 Å². The number of aryl methyl sites for hydroxylation is 2. The lowest BCUT2D eigenvalue weighted by atomic mass is 10.1.